The van der Waals surface area contributed by atoms with Gasteiger partial charge in [-0.15, -0.1) is 0 Å². The molecule has 2 aromatic rings. The Balaban J connectivity index is 2.06. The van der Waals surface area contributed by atoms with Crippen molar-refractivity contribution in [2.75, 3.05) is 25.5 Å². The van der Waals surface area contributed by atoms with E-state index in [1.54, 1.807) is 29.2 Å². The molecule has 126 valence electrons. The van der Waals surface area contributed by atoms with Crippen molar-refractivity contribution in [2.45, 2.75) is 13.8 Å². The van der Waals surface area contributed by atoms with Gasteiger partial charge in [0.2, 0.25) is 5.95 Å². The number of nitrogens with zero attached hydrogens (tertiary/aromatic N) is 3. The number of esters is 1. The average molecular weight is 328 g/mol. The number of hydrogen-bond donors (Lipinski definition) is 1. The zero-order valence-corrected chi connectivity index (χ0v) is 13.9. The number of rotatable bonds is 6. The maximum Gasteiger partial charge on any atom is 0.337 e. The van der Waals surface area contributed by atoms with Gasteiger partial charge in [0.25, 0.3) is 5.91 Å². The van der Waals surface area contributed by atoms with E-state index in [9.17, 15) is 9.59 Å². The van der Waals surface area contributed by atoms with Crippen LogP contribution in [-0.2, 0) is 4.74 Å². The first-order chi connectivity index (χ1) is 11.6. The summed E-state index contributed by atoms with van der Waals surface area (Å²) in [5.74, 6) is -0.108. The summed E-state index contributed by atoms with van der Waals surface area (Å²) in [7, 11) is 1.34. The molecule has 0 unspecified atom stereocenters. The van der Waals surface area contributed by atoms with Crippen LogP contribution in [0.15, 0.2) is 36.7 Å². The summed E-state index contributed by atoms with van der Waals surface area (Å²) in [6, 6.07) is 6.74. The van der Waals surface area contributed by atoms with E-state index in [0.717, 1.165) is 5.69 Å². The first-order valence-corrected chi connectivity index (χ1v) is 7.65. The molecule has 0 aliphatic rings. The third-order valence-electron chi connectivity index (χ3n) is 3.51. The lowest BCUT2D eigenvalue weighted by molar-refractivity contribution is 0.0600. The first kappa shape index (κ1) is 17.4. The molecule has 1 amide bonds. The number of ether oxygens (including phenoxy) is 1. The molecule has 0 saturated heterocycles. The standard InChI is InChI=1S/C17H20N4O3/c1-4-21(5-2)15(22)13-10-18-17(19-11-13)20-14-8-6-12(7-9-14)16(23)24-3/h6-11H,4-5H2,1-3H3,(H,18,19,20). The van der Waals surface area contributed by atoms with E-state index in [1.165, 1.54) is 19.5 Å². The smallest absolute Gasteiger partial charge is 0.337 e. The summed E-state index contributed by atoms with van der Waals surface area (Å²) < 4.78 is 4.65. The number of carbonyl (C=O) groups excluding carboxylic acids is 2. The molecule has 0 fully saturated rings. The maximum absolute atomic E-state index is 12.2. The molecule has 1 heterocycles. The van der Waals surface area contributed by atoms with Crippen molar-refractivity contribution in [3.8, 4) is 0 Å². The highest BCUT2D eigenvalue weighted by molar-refractivity contribution is 5.93. The number of amides is 1. The van der Waals surface area contributed by atoms with Gasteiger partial charge in [0, 0.05) is 31.2 Å². The lowest BCUT2D eigenvalue weighted by Crippen LogP contribution is -2.30. The van der Waals surface area contributed by atoms with Gasteiger partial charge in [-0.25, -0.2) is 14.8 Å². The third-order valence-corrected chi connectivity index (χ3v) is 3.51. The highest BCUT2D eigenvalue weighted by Gasteiger charge is 2.13. The summed E-state index contributed by atoms with van der Waals surface area (Å²) in [6.07, 6.45) is 3.00. The second-order valence-electron chi connectivity index (χ2n) is 4.97. The van der Waals surface area contributed by atoms with Gasteiger partial charge in [0.05, 0.1) is 18.2 Å². The molecule has 0 spiro atoms. The van der Waals surface area contributed by atoms with Crippen LogP contribution in [0.1, 0.15) is 34.6 Å². The molecule has 0 radical (unpaired) electrons. The van der Waals surface area contributed by atoms with Crippen molar-refractivity contribution in [3.63, 3.8) is 0 Å². The molecule has 1 aromatic carbocycles. The van der Waals surface area contributed by atoms with Crippen molar-refractivity contribution < 1.29 is 14.3 Å². The van der Waals surface area contributed by atoms with E-state index in [0.29, 0.717) is 30.2 Å². The van der Waals surface area contributed by atoms with Crippen LogP contribution in [0.5, 0.6) is 0 Å². The Kier molecular flexibility index (Phi) is 5.83. The number of nitrogens with one attached hydrogen (secondary N) is 1. The second-order valence-corrected chi connectivity index (χ2v) is 4.97. The first-order valence-electron chi connectivity index (χ1n) is 7.65. The second kappa shape index (κ2) is 8.05. The van der Waals surface area contributed by atoms with Gasteiger partial charge in [-0.2, -0.15) is 0 Å². The Hall–Kier alpha value is -2.96. The Morgan fingerprint density at radius 1 is 1.04 bits per heavy atom. The van der Waals surface area contributed by atoms with Gasteiger partial charge in [0.1, 0.15) is 0 Å². The summed E-state index contributed by atoms with van der Waals surface area (Å²) in [4.78, 5) is 33.6. The molecule has 0 aliphatic heterocycles. The van der Waals surface area contributed by atoms with Crippen LogP contribution in [-0.4, -0.2) is 46.9 Å². The van der Waals surface area contributed by atoms with E-state index in [4.69, 9.17) is 0 Å². The average Bonchev–Trinajstić information content (AvgIpc) is 2.63. The largest absolute Gasteiger partial charge is 0.465 e. The summed E-state index contributed by atoms with van der Waals surface area (Å²) in [5, 5.41) is 3.01. The Morgan fingerprint density at radius 3 is 2.12 bits per heavy atom. The third kappa shape index (κ3) is 4.07. The predicted molar refractivity (Wildman–Crippen MR) is 90.3 cm³/mol. The molecule has 0 bridgehead atoms. The van der Waals surface area contributed by atoms with Gasteiger partial charge in [-0.3, -0.25) is 4.79 Å². The minimum atomic E-state index is -0.392. The van der Waals surface area contributed by atoms with Crippen LogP contribution in [0.4, 0.5) is 11.6 Å². The fraction of sp³-hybridized carbons (Fsp3) is 0.294. The van der Waals surface area contributed by atoms with E-state index in [1.807, 2.05) is 13.8 Å². The predicted octanol–water partition coefficient (Wildman–Crippen LogP) is 2.49. The zero-order chi connectivity index (χ0) is 17.5. The van der Waals surface area contributed by atoms with Gasteiger partial charge >= 0.3 is 5.97 Å². The molecule has 0 saturated carbocycles. The molecule has 1 N–H and O–H groups in total. The lowest BCUT2D eigenvalue weighted by Gasteiger charge is -2.18. The monoisotopic (exact) mass is 328 g/mol. The van der Waals surface area contributed by atoms with Gasteiger partial charge in [-0.1, -0.05) is 0 Å². The van der Waals surface area contributed by atoms with Crippen LogP contribution in [0.2, 0.25) is 0 Å². The van der Waals surface area contributed by atoms with Crippen LogP contribution in [0.3, 0.4) is 0 Å². The minimum Gasteiger partial charge on any atom is -0.465 e. The molecule has 0 atom stereocenters. The number of benzene rings is 1. The topological polar surface area (TPSA) is 84.4 Å². The Labute approximate surface area is 140 Å². The summed E-state index contributed by atoms with van der Waals surface area (Å²) >= 11 is 0. The highest BCUT2D eigenvalue weighted by atomic mass is 16.5. The zero-order valence-electron chi connectivity index (χ0n) is 13.9. The van der Waals surface area contributed by atoms with E-state index in [2.05, 4.69) is 20.0 Å². The Bertz CT molecular complexity index is 695. The van der Waals surface area contributed by atoms with Crippen molar-refractivity contribution in [2.24, 2.45) is 0 Å². The number of hydrogen-bond acceptors (Lipinski definition) is 6. The number of carbonyl (C=O) groups is 2. The minimum absolute atomic E-state index is 0.0889. The van der Waals surface area contributed by atoms with Gasteiger partial charge in [-0.05, 0) is 38.1 Å². The number of anilines is 2. The lowest BCUT2D eigenvalue weighted by atomic mass is 10.2. The molecule has 1 aromatic heterocycles. The van der Waals surface area contributed by atoms with Gasteiger partial charge in [0.15, 0.2) is 0 Å². The van der Waals surface area contributed by atoms with Crippen LogP contribution in [0, 0.1) is 0 Å². The van der Waals surface area contributed by atoms with Crippen molar-refractivity contribution in [1.29, 1.82) is 0 Å². The molecule has 24 heavy (non-hydrogen) atoms. The molecular weight excluding hydrogens is 308 g/mol. The summed E-state index contributed by atoms with van der Waals surface area (Å²) in [6.45, 7) is 5.14. The number of methoxy groups -OCH3 is 1. The Morgan fingerprint density at radius 2 is 1.62 bits per heavy atom. The molecular formula is C17H20N4O3. The quantitative estimate of drug-likeness (QED) is 0.820. The summed E-state index contributed by atoms with van der Waals surface area (Å²) in [5.41, 5.74) is 1.64. The van der Waals surface area contributed by atoms with Crippen LogP contribution < -0.4 is 5.32 Å². The van der Waals surface area contributed by atoms with Crippen molar-refractivity contribution >= 4 is 23.5 Å². The normalized spacial score (nSPS) is 10.1. The van der Waals surface area contributed by atoms with Crippen LogP contribution >= 0.6 is 0 Å². The van der Waals surface area contributed by atoms with Crippen molar-refractivity contribution in [1.82, 2.24) is 14.9 Å². The molecule has 0 aliphatic carbocycles. The van der Waals surface area contributed by atoms with E-state index >= 15 is 0 Å². The van der Waals surface area contributed by atoms with E-state index < -0.39 is 5.97 Å². The molecule has 2 rings (SSSR count). The molecule has 7 nitrogen and oxygen atoms in total. The van der Waals surface area contributed by atoms with Crippen LogP contribution in [0.25, 0.3) is 0 Å². The SMILES string of the molecule is CCN(CC)C(=O)c1cnc(Nc2ccc(C(=O)OC)cc2)nc1. The van der Waals surface area contributed by atoms with E-state index in [-0.39, 0.29) is 5.91 Å². The van der Waals surface area contributed by atoms with Gasteiger partial charge < -0.3 is 15.0 Å². The van der Waals surface area contributed by atoms with Crippen molar-refractivity contribution in [3.05, 3.63) is 47.8 Å². The molecule has 7 heteroatoms. The number of aromatic nitrogens is 2. The fourth-order valence-electron chi connectivity index (χ4n) is 2.13. The highest BCUT2D eigenvalue weighted by Crippen LogP contribution is 2.14. The maximum atomic E-state index is 12.2. The fourth-order valence-corrected chi connectivity index (χ4v) is 2.13.